The van der Waals surface area contributed by atoms with Gasteiger partial charge < -0.3 is 5.32 Å². The standard InChI is InChI=1S/C11H10BrN3OS/c1-6-3-8(4-13-10(6)12)15-11(16)9-5-17-7(2)14-9/h3-5H,1-2H3,(H,15,16). The minimum absolute atomic E-state index is 0.210. The van der Waals surface area contributed by atoms with E-state index in [1.165, 1.54) is 11.3 Å². The Morgan fingerprint density at radius 3 is 2.82 bits per heavy atom. The van der Waals surface area contributed by atoms with Gasteiger partial charge in [0.25, 0.3) is 5.91 Å². The smallest absolute Gasteiger partial charge is 0.275 e. The second-order valence-electron chi connectivity index (χ2n) is 3.54. The molecule has 0 aromatic carbocycles. The van der Waals surface area contributed by atoms with Gasteiger partial charge >= 0.3 is 0 Å². The molecule has 0 aliphatic heterocycles. The zero-order valence-corrected chi connectivity index (χ0v) is 11.7. The second kappa shape index (κ2) is 4.93. The van der Waals surface area contributed by atoms with Crippen LogP contribution in [0.25, 0.3) is 0 Å². The Morgan fingerprint density at radius 2 is 2.24 bits per heavy atom. The highest BCUT2D eigenvalue weighted by Crippen LogP contribution is 2.17. The number of pyridine rings is 1. The van der Waals surface area contributed by atoms with Crippen molar-refractivity contribution in [3.05, 3.63) is 38.5 Å². The maximum atomic E-state index is 11.8. The molecule has 2 aromatic heterocycles. The van der Waals surface area contributed by atoms with Gasteiger partial charge in [-0.1, -0.05) is 0 Å². The molecule has 6 heteroatoms. The number of carbonyl (C=O) groups excluding carboxylic acids is 1. The average molecular weight is 312 g/mol. The molecule has 0 bridgehead atoms. The van der Waals surface area contributed by atoms with E-state index < -0.39 is 0 Å². The Bertz CT molecular complexity index is 568. The van der Waals surface area contributed by atoms with Crippen molar-refractivity contribution in [1.29, 1.82) is 0 Å². The van der Waals surface area contributed by atoms with Gasteiger partial charge in [-0.05, 0) is 41.4 Å². The Hall–Kier alpha value is -1.27. The molecule has 0 spiro atoms. The number of halogens is 1. The third-order valence-corrected chi connectivity index (χ3v) is 3.73. The van der Waals surface area contributed by atoms with Crippen molar-refractivity contribution in [3.63, 3.8) is 0 Å². The fourth-order valence-electron chi connectivity index (χ4n) is 1.29. The molecule has 2 aromatic rings. The van der Waals surface area contributed by atoms with Crippen molar-refractivity contribution >= 4 is 38.9 Å². The van der Waals surface area contributed by atoms with Crippen molar-refractivity contribution in [2.75, 3.05) is 5.32 Å². The number of nitrogens with zero attached hydrogens (tertiary/aromatic N) is 2. The Morgan fingerprint density at radius 1 is 1.47 bits per heavy atom. The molecule has 1 amide bonds. The lowest BCUT2D eigenvalue weighted by molar-refractivity contribution is 0.102. The van der Waals surface area contributed by atoms with Crippen LogP contribution < -0.4 is 5.32 Å². The lowest BCUT2D eigenvalue weighted by atomic mass is 10.3. The van der Waals surface area contributed by atoms with E-state index >= 15 is 0 Å². The van der Waals surface area contributed by atoms with E-state index in [0.29, 0.717) is 11.4 Å². The van der Waals surface area contributed by atoms with Crippen LogP contribution in [-0.2, 0) is 0 Å². The molecule has 0 unspecified atom stereocenters. The number of amides is 1. The number of anilines is 1. The highest BCUT2D eigenvalue weighted by Gasteiger charge is 2.10. The molecule has 0 fully saturated rings. The SMILES string of the molecule is Cc1nc(C(=O)Nc2cnc(Br)c(C)c2)cs1. The van der Waals surface area contributed by atoms with Crippen LogP contribution >= 0.6 is 27.3 Å². The van der Waals surface area contributed by atoms with Crippen LogP contribution in [0.15, 0.2) is 22.2 Å². The summed E-state index contributed by atoms with van der Waals surface area (Å²) in [6.45, 7) is 3.78. The van der Waals surface area contributed by atoms with Gasteiger partial charge in [0.2, 0.25) is 0 Å². The van der Waals surface area contributed by atoms with Gasteiger partial charge in [-0.2, -0.15) is 0 Å². The van der Waals surface area contributed by atoms with E-state index in [2.05, 4.69) is 31.2 Å². The highest BCUT2D eigenvalue weighted by atomic mass is 79.9. The minimum Gasteiger partial charge on any atom is -0.319 e. The lowest BCUT2D eigenvalue weighted by Crippen LogP contribution is -2.12. The summed E-state index contributed by atoms with van der Waals surface area (Å²) in [5.74, 6) is -0.210. The van der Waals surface area contributed by atoms with Gasteiger partial charge in [-0.15, -0.1) is 11.3 Å². The number of carbonyl (C=O) groups is 1. The third-order valence-electron chi connectivity index (χ3n) is 2.12. The zero-order chi connectivity index (χ0) is 12.4. The molecule has 0 aliphatic rings. The van der Waals surface area contributed by atoms with E-state index in [9.17, 15) is 4.79 Å². The van der Waals surface area contributed by atoms with Gasteiger partial charge in [0.1, 0.15) is 10.3 Å². The van der Waals surface area contributed by atoms with Gasteiger partial charge in [-0.25, -0.2) is 9.97 Å². The van der Waals surface area contributed by atoms with E-state index in [1.807, 2.05) is 19.9 Å². The van der Waals surface area contributed by atoms with Gasteiger partial charge in [-0.3, -0.25) is 4.79 Å². The van der Waals surface area contributed by atoms with Crippen LogP contribution in [0.2, 0.25) is 0 Å². The summed E-state index contributed by atoms with van der Waals surface area (Å²) in [5, 5.41) is 5.38. The van der Waals surface area contributed by atoms with Crippen molar-refractivity contribution in [2.24, 2.45) is 0 Å². The fraction of sp³-hybridized carbons (Fsp3) is 0.182. The molecule has 17 heavy (non-hydrogen) atoms. The van der Waals surface area contributed by atoms with Crippen LogP contribution in [-0.4, -0.2) is 15.9 Å². The summed E-state index contributed by atoms with van der Waals surface area (Å²) >= 11 is 4.76. The molecule has 0 saturated heterocycles. The lowest BCUT2D eigenvalue weighted by Gasteiger charge is -2.04. The summed E-state index contributed by atoms with van der Waals surface area (Å²) in [4.78, 5) is 20.1. The van der Waals surface area contributed by atoms with Crippen molar-refractivity contribution in [1.82, 2.24) is 9.97 Å². The predicted molar refractivity (Wildman–Crippen MR) is 71.5 cm³/mol. The highest BCUT2D eigenvalue weighted by molar-refractivity contribution is 9.10. The summed E-state index contributed by atoms with van der Waals surface area (Å²) in [5.41, 5.74) is 2.08. The molecular weight excluding hydrogens is 302 g/mol. The maximum Gasteiger partial charge on any atom is 0.275 e. The average Bonchev–Trinajstić information content (AvgIpc) is 2.70. The van der Waals surface area contributed by atoms with Crippen LogP contribution in [0.1, 0.15) is 21.1 Å². The number of hydrogen-bond donors (Lipinski definition) is 1. The topological polar surface area (TPSA) is 54.9 Å². The molecular formula is C11H10BrN3OS. The van der Waals surface area contributed by atoms with Gasteiger partial charge in [0, 0.05) is 5.38 Å². The minimum atomic E-state index is -0.210. The van der Waals surface area contributed by atoms with Gasteiger partial charge in [0.15, 0.2) is 0 Å². The Labute approximate surface area is 111 Å². The molecule has 1 N–H and O–H groups in total. The number of aromatic nitrogens is 2. The first-order valence-electron chi connectivity index (χ1n) is 4.92. The zero-order valence-electron chi connectivity index (χ0n) is 9.32. The molecule has 0 saturated carbocycles. The first-order valence-corrected chi connectivity index (χ1v) is 6.59. The normalized spacial score (nSPS) is 10.3. The van der Waals surface area contributed by atoms with Crippen LogP contribution in [0.4, 0.5) is 5.69 Å². The molecule has 0 atom stereocenters. The van der Waals surface area contributed by atoms with E-state index in [0.717, 1.165) is 15.2 Å². The van der Waals surface area contributed by atoms with Crippen molar-refractivity contribution in [2.45, 2.75) is 13.8 Å². The predicted octanol–water partition coefficient (Wildman–Crippen LogP) is 3.17. The molecule has 0 aliphatic carbocycles. The molecule has 0 radical (unpaired) electrons. The molecule has 88 valence electrons. The summed E-state index contributed by atoms with van der Waals surface area (Å²) in [7, 11) is 0. The third kappa shape index (κ3) is 2.89. The largest absolute Gasteiger partial charge is 0.319 e. The number of rotatable bonds is 2. The number of thiazole rings is 1. The quantitative estimate of drug-likeness (QED) is 0.867. The summed E-state index contributed by atoms with van der Waals surface area (Å²) in [6.07, 6.45) is 1.61. The van der Waals surface area contributed by atoms with Crippen LogP contribution in [0.5, 0.6) is 0 Å². The van der Waals surface area contributed by atoms with E-state index in [1.54, 1.807) is 11.6 Å². The fourth-order valence-corrected chi connectivity index (χ4v) is 2.10. The first-order chi connectivity index (χ1) is 8.06. The molecule has 4 nitrogen and oxygen atoms in total. The van der Waals surface area contributed by atoms with Gasteiger partial charge in [0.05, 0.1) is 16.9 Å². The second-order valence-corrected chi connectivity index (χ2v) is 5.35. The van der Waals surface area contributed by atoms with Crippen LogP contribution in [0.3, 0.4) is 0 Å². The number of nitrogens with one attached hydrogen (secondary N) is 1. The number of hydrogen-bond acceptors (Lipinski definition) is 4. The van der Waals surface area contributed by atoms with E-state index in [4.69, 9.17) is 0 Å². The number of aryl methyl sites for hydroxylation is 2. The van der Waals surface area contributed by atoms with Crippen molar-refractivity contribution < 1.29 is 4.79 Å². The summed E-state index contributed by atoms with van der Waals surface area (Å²) in [6, 6.07) is 1.86. The Kier molecular flexibility index (Phi) is 3.54. The summed E-state index contributed by atoms with van der Waals surface area (Å²) < 4.78 is 0.778. The maximum absolute atomic E-state index is 11.8. The van der Waals surface area contributed by atoms with E-state index in [-0.39, 0.29) is 5.91 Å². The Balaban J connectivity index is 2.15. The van der Waals surface area contributed by atoms with Crippen molar-refractivity contribution in [3.8, 4) is 0 Å². The van der Waals surface area contributed by atoms with Crippen LogP contribution in [0, 0.1) is 13.8 Å². The first kappa shape index (κ1) is 12.2. The molecule has 2 heterocycles. The molecule has 2 rings (SSSR count). The monoisotopic (exact) mass is 311 g/mol.